The van der Waals surface area contributed by atoms with Crippen LogP contribution in [0.3, 0.4) is 0 Å². The number of hydrogen-bond donors (Lipinski definition) is 0. The van der Waals surface area contributed by atoms with Gasteiger partial charge in [-0.25, -0.2) is 9.97 Å². The van der Waals surface area contributed by atoms with E-state index in [1.165, 1.54) is 4.90 Å². The van der Waals surface area contributed by atoms with Crippen molar-refractivity contribution in [3.63, 3.8) is 0 Å². The molecule has 1 rings (SSSR count). The molecule has 1 heterocycles. The summed E-state index contributed by atoms with van der Waals surface area (Å²) < 4.78 is 0. The van der Waals surface area contributed by atoms with Gasteiger partial charge >= 0.3 is 0 Å². The van der Waals surface area contributed by atoms with Gasteiger partial charge in [0.15, 0.2) is 0 Å². The smallest absolute Gasteiger partial charge is 0.231 e. The molecule has 0 aliphatic heterocycles. The number of anilines is 1. The first-order valence-electron chi connectivity index (χ1n) is 3.37. The molecule has 0 aromatic carbocycles. The van der Waals surface area contributed by atoms with E-state index in [4.69, 9.17) is 0 Å². The van der Waals surface area contributed by atoms with Crippen LogP contribution in [0.25, 0.3) is 0 Å². The zero-order valence-corrected chi connectivity index (χ0v) is 6.27. The Kier molecular flexibility index (Phi) is 2.54. The van der Waals surface area contributed by atoms with Crippen molar-refractivity contribution in [3.8, 4) is 0 Å². The largest absolute Gasteiger partial charge is 0.284 e. The summed E-state index contributed by atoms with van der Waals surface area (Å²) in [4.78, 5) is 19.6. The molecule has 1 aromatic heterocycles. The highest BCUT2D eigenvalue weighted by Gasteiger charge is 2.02. The lowest BCUT2D eigenvalue weighted by atomic mass is 10.6. The van der Waals surface area contributed by atoms with Crippen molar-refractivity contribution in [2.45, 2.75) is 6.92 Å². The summed E-state index contributed by atoms with van der Waals surface area (Å²) in [5.74, 6) is 0.449. The highest BCUT2D eigenvalue weighted by atomic mass is 16.1. The maximum Gasteiger partial charge on any atom is 0.231 e. The summed E-state index contributed by atoms with van der Waals surface area (Å²) in [6.07, 6.45) is 3.93. The molecule has 4 heteroatoms. The molecule has 58 valence electrons. The molecule has 0 saturated heterocycles. The number of carbonyl (C=O) groups is 1. The van der Waals surface area contributed by atoms with E-state index in [1.807, 2.05) is 6.92 Å². The molecular formula is C7H9N3O. The average molecular weight is 151 g/mol. The van der Waals surface area contributed by atoms with Crippen molar-refractivity contribution in [1.29, 1.82) is 0 Å². The van der Waals surface area contributed by atoms with Gasteiger partial charge in [-0.2, -0.15) is 0 Å². The van der Waals surface area contributed by atoms with Crippen LogP contribution in [0.4, 0.5) is 5.95 Å². The number of nitrogens with zero attached hydrogens (tertiary/aromatic N) is 3. The molecule has 1 aromatic rings. The second-order valence-electron chi connectivity index (χ2n) is 1.94. The van der Waals surface area contributed by atoms with E-state index in [2.05, 4.69) is 9.97 Å². The molecule has 0 aliphatic carbocycles. The maximum absolute atomic E-state index is 10.4. The van der Waals surface area contributed by atoms with E-state index in [1.54, 1.807) is 18.5 Å². The van der Waals surface area contributed by atoms with Crippen molar-refractivity contribution >= 4 is 12.4 Å². The van der Waals surface area contributed by atoms with Crippen molar-refractivity contribution in [1.82, 2.24) is 9.97 Å². The van der Waals surface area contributed by atoms with Gasteiger partial charge in [0, 0.05) is 18.9 Å². The molecule has 0 unspecified atom stereocenters. The van der Waals surface area contributed by atoms with Crippen molar-refractivity contribution in [3.05, 3.63) is 18.5 Å². The number of carbonyl (C=O) groups excluding carboxylic acids is 1. The molecule has 1 amide bonds. The molecule has 0 saturated carbocycles. The van der Waals surface area contributed by atoms with Gasteiger partial charge in [0.25, 0.3) is 0 Å². The van der Waals surface area contributed by atoms with Crippen LogP contribution in [0.2, 0.25) is 0 Å². The Morgan fingerprint density at radius 2 is 2.18 bits per heavy atom. The molecule has 4 nitrogen and oxygen atoms in total. The fraction of sp³-hybridized carbons (Fsp3) is 0.286. The van der Waals surface area contributed by atoms with Gasteiger partial charge in [-0.3, -0.25) is 9.69 Å². The molecule has 0 fully saturated rings. The van der Waals surface area contributed by atoms with Crippen LogP contribution >= 0.6 is 0 Å². The Morgan fingerprint density at radius 3 is 2.64 bits per heavy atom. The van der Waals surface area contributed by atoms with E-state index in [0.29, 0.717) is 12.5 Å². The Hall–Kier alpha value is -1.45. The molecule has 0 radical (unpaired) electrons. The summed E-state index contributed by atoms with van der Waals surface area (Å²) in [5, 5.41) is 0. The van der Waals surface area contributed by atoms with Crippen LogP contribution in [-0.4, -0.2) is 22.9 Å². The zero-order chi connectivity index (χ0) is 8.10. The van der Waals surface area contributed by atoms with E-state index in [-0.39, 0.29) is 0 Å². The Balaban J connectivity index is 2.82. The summed E-state index contributed by atoms with van der Waals surface area (Å²) >= 11 is 0. The molecular weight excluding hydrogens is 142 g/mol. The van der Waals surface area contributed by atoms with Gasteiger partial charge in [-0.1, -0.05) is 0 Å². The molecule has 11 heavy (non-hydrogen) atoms. The van der Waals surface area contributed by atoms with Gasteiger partial charge in [0.2, 0.25) is 12.4 Å². The van der Waals surface area contributed by atoms with Crippen LogP contribution in [0.1, 0.15) is 6.92 Å². The van der Waals surface area contributed by atoms with E-state index in [9.17, 15) is 4.79 Å². The van der Waals surface area contributed by atoms with Gasteiger partial charge in [0.1, 0.15) is 0 Å². The average Bonchev–Trinajstić information content (AvgIpc) is 2.09. The zero-order valence-electron chi connectivity index (χ0n) is 6.27. The quantitative estimate of drug-likeness (QED) is 0.589. The van der Waals surface area contributed by atoms with Gasteiger partial charge < -0.3 is 0 Å². The number of amides is 1. The van der Waals surface area contributed by atoms with Crippen LogP contribution in [-0.2, 0) is 4.79 Å². The van der Waals surface area contributed by atoms with Crippen LogP contribution in [0.15, 0.2) is 18.5 Å². The number of rotatable bonds is 3. The minimum Gasteiger partial charge on any atom is -0.284 e. The standard InChI is InChI=1S/C7H9N3O/c1-2-10(6-11)7-8-4-3-5-9-7/h3-6H,2H2,1H3. The summed E-state index contributed by atoms with van der Waals surface area (Å²) in [6, 6.07) is 1.71. The highest BCUT2D eigenvalue weighted by Crippen LogP contribution is 1.99. The monoisotopic (exact) mass is 151 g/mol. The molecule has 0 bridgehead atoms. The minimum atomic E-state index is 0.449. The van der Waals surface area contributed by atoms with Crippen molar-refractivity contribution < 1.29 is 4.79 Å². The molecule has 0 spiro atoms. The summed E-state index contributed by atoms with van der Waals surface area (Å²) in [6.45, 7) is 2.46. The fourth-order valence-corrected chi connectivity index (χ4v) is 0.703. The number of aromatic nitrogens is 2. The van der Waals surface area contributed by atoms with Gasteiger partial charge in [-0.05, 0) is 13.0 Å². The Labute approximate surface area is 64.9 Å². The van der Waals surface area contributed by atoms with E-state index in [0.717, 1.165) is 6.41 Å². The number of hydrogen-bond acceptors (Lipinski definition) is 3. The second-order valence-corrected chi connectivity index (χ2v) is 1.94. The van der Waals surface area contributed by atoms with E-state index >= 15 is 0 Å². The van der Waals surface area contributed by atoms with Gasteiger partial charge in [0.05, 0.1) is 0 Å². The van der Waals surface area contributed by atoms with E-state index < -0.39 is 0 Å². The Morgan fingerprint density at radius 1 is 1.55 bits per heavy atom. The third-order valence-corrected chi connectivity index (χ3v) is 1.28. The topological polar surface area (TPSA) is 46.1 Å². The van der Waals surface area contributed by atoms with Crippen LogP contribution in [0.5, 0.6) is 0 Å². The predicted molar refractivity (Wildman–Crippen MR) is 41.1 cm³/mol. The molecule has 0 atom stereocenters. The normalized spacial score (nSPS) is 9.18. The predicted octanol–water partition coefficient (Wildman–Crippen LogP) is 0.459. The Bertz CT molecular complexity index is 224. The molecule has 0 aliphatic rings. The van der Waals surface area contributed by atoms with Crippen LogP contribution in [0, 0.1) is 0 Å². The third-order valence-electron chi connectivity index (χ3n) is 1.28. The lowest BCUT2D eigenvalue weighted by Gasteiger charge is -2.10. The van der Waals surface area contributed by atoms with Crippen LogP contribution < -0.4 is 4.90 Å². The third kappa shape index (κ3) is 1.73. The summed E-state index contributed by atoms with van der Waals surface area (Å²) in [7, 11) is 0. The lowest BCUT2D eigenvalue weighted by Crippen LogP contribution is -2.22. The lowest BCUT2D eigenvalue weighted by molar-refractivity contribution is -0.107. The maximum atomic E-state index is 10.4. The van der Waals surface area contributed by atoms with Crippen molar-refractivity contribution in [2.75, 3.05) is 11.4 Å². The first kappa shape index (κ1) is 7.65. The minimum absolute atomic E-state index is 0.449. The summed E-state index contributed by atoms with van der Waals surface area (Å²) in [5.41, 5.74) is 0. The van der Waals surface area contributed by atoms with Gasteiger partial charge in [-0.15, -0.1) is 0 Å². The van der Waals surface area contributed by atoms with Crippen molar-refractivity contribution in [2.24, 2.45) is 0 Å². The first-order valence-corrected chi connectivity index (χ1v) is 3.37. The second kappa shape index (κ2) is 3.65. The fourth-order valence-electron chi connectivity index (χ4n) is 0.703. The highest BCUT2D eigenvalue weighted by molar-refractivity contribution is 5.70. The first-order chi connectivity index (χ1) is 5.38. The SMILES string of the molecule is CCN(C=O)c1ncccn1. The molecule has 0 N–H and O–H groups in total.